The van der Waals surface area contributed by atoms with Gasteiger partial charge in [-0.05, 0) is 36.8 Å². The van der Waals surface area contributed by atoms with Gasteiger partial charge in [-0.2, -0.15) is 0 Å². The highest BCUT2D eigenvalue weighted by atomic mass is 35.5. The van der Waals surface area contributed by atoms with E-state index in [1.165, 1.54) is 0 Å². The number of hydrogen-bond donors (Lipinski definition) is 0. The van der Waals surface area contributed by atoms with Gasteiger partial charge in [-0.15, -0.1) is 0 Å². The van der Waals surface area contributed by atoms with Crippen LogP contribution in [-0.2, 0) is 17.8 Å². The number of oxazole rings is 1. The molecule has 1 heterocycles. The predicted molar refractivity (Wildman–Crippen MR) is 113 cm³/mol. The lowest BCUT2D eigenvalue weighted by Gasteiger charge is -2.21. The fourth-order valence-corrected chi connectivity index (χ4v) is 3.37. The maximum absolute atomic E-state index is 12.6. The van der Waals surface area contributed by atoms with Crippen molar-refractivity contribution in [2.24, 2.45) is 0 Å². The first-order valence-corrected chi connectivity index (χ1v) is 10.0. The molecular weight excluding hydrogens is 419 g/mol. The van der Waals surface area contributed by atoms with E-state index in [-0.39, 0.29) is 5.91 Å². The van der Waals surface area contributed by atoms with Crippen molar-refractivity contribution in [3.63, 3.8) is 0 Å². The molecule has 0 radical (unpaired) electrons. The second-order valence-corrected chi connectivity index (χ2v) is 7.48. The molecule has 0 fully saturated rings. The Bertz CT molecular complexity index is 972. The van der Waals surface area contributed by atoms with Crippen LogP contribution in [0.5, 0.6) is 0 Å². The molecule has 146 valence electrons. The quantitative estimate of drug-likeness (QED) is 0.437. The Morgan fingerprint density at radius 3 is 2.57 bits per heavy atom. The van der Waals surface area contributed by atoms with Crippen molar-refractivity contribution in [3.05, 3.63) is 75.2 Å². The lowest BCUT2D eigenvalue weighted by Crippen LogP contribution is -2.30. The zero-order valence-corrected chi connectivity index (χ0v) is 17.6. The molecule has 2 aromatic carbocycles. The lowest BCUT2D eigenvalue weighted by molar-refractivity contribution is -0.131. The van der Waals surface area contributed by atoms with Crippen LogP contribution in [0.3, 0.4) is 0 Å². The number of carbonyl (C=O) groups excluding carboxylic acids is 1. The Kier molecular flexibility index (Phi) is 7.00. The maximum Gasteiger partial charge on any atom is 0.223 e. The number of aryl methyl sites for hydroxylation is 1. The predicted octanol–water partition coefficient (Wildman–Crippen LogP) is 6.28. The number of aromatic nitrogens is 1. The van der Waals surface area contributed by atoms with Crippen molar-refractivity contribution >= 4 is 40.7 Å². The first-order valence-electron chi connectivity index (χ1n) is 8.89. The second kappa shape index (κ2) is 9.46. The zero-order chi connectivity index (χ0) is 20.1. The summed E-state index contributed by atoms with van der Waals surface area (Å²) >= 11 is 18.2. The van der Waals surface area contributed by atoms with Gasteiger partial charge in [-0.3, -0.25) is 4.79 Å². The van der Waals surface area contributed by atoms with Crippen LogP contribution < -0.4 is 0 Å². The van der Waals surface area contributed by atoms with Gasteiger partial charge in [0.25, 0.3) is 0 Å². The molecule has 3 aromatic rings. The summed E-state index contributed by atoms with van der Waals surface area (Å²) in [6, 6.07) is 12.8. The van der Waals surface area contributed by atoms with Crippen molar-refractivity contribution in [1.29, 1.82) is 0 Å². The minimum atomic E-state index is 0.0195. The summed E-state index contributed by atoms with van der Waals surface area (Å²) in [5.41, 5.74) is 1.71. The molecule has 28 heavy (non-hydrogen) atoms. The highest BCUT2D eigenvalue weighted by molar-refractivity contribution is 6.42. The maximum atomic E-state index is 12.6. The van der Waals surface area contributed by atoms with Crippen LogP contribution in [0.25, 0.3) is 11.3 Å². The van der Waals surface area contributed by atoms with E-state index in [9.17, 15) is 4.79 Å². The standard InChI is InChI=1S/C21H19Cl3N2O2/c1-2-26(13-14-7-8-17(23)18(24)11-14)21(27)10-9-20-25-12-19(28-20)15-5-3-4-6-16(15)22/h3-8,11-12H,2,9-10,13H2,1H3. The first-order chi connectivity index (χ1) is 13.5. The van der Waals surface area contributed by atoms with Crippen molar-refractivity contribution in [2.45, 2.75) is 26.3 Å². The van der Waals surface area contributed by atoms with Crippen LogP contribution in [-0.4, -0.2) is 22.3 Å². The number of hydrogen-bond acceptors (Lipinski definition) is 3. The van der Waals surface area contributed by atoms with E-state index in [1.54, 1.807) is 29.3 Å². The molecule has 0 spiro atoms. The fraction of sp³-hybridized carbons (Fsp3) is 0.238. The lowest BCUT2D eigenvalue weighted by atomic mass is 10.2. The molecule has 1 amide bonds. The molecule has 0 atom stereocenters. The van der Waals surface area contributed by atoms with E-state index < -0.39 is 0 Å². The van der Waals surface area contributed by atoms with E-state index in [0.717, 1.165) is 11.1 Å². The van der Waals surface area contributed by atoms with Gasteiger partial charge in [-0.25, -0.2) is 4.98 Å². The largest absolute Gasteiger partial charge is 0.441 e. The monoisotopic (exact) mass is 436 g/mol. The Labute approximate surface area is 179 Å². The van der Waals surface area contributed by atoms with Crippen LogP contribution >= 0.6 is 34.8 Å². The van der Waals surface area contributed by atoms with Crippen molar-refractivity contribution in [2.75, 3.05) is 6.54 Å². The average molecular weight is 438 g/mol. The second-order valence-electron chi connectivity index (χ2n) is 6.25. The van der Waals surface area contributed by atoms with Crippen LogP contribution in [0.1, 0.15) is 24.8 Å². The number of benzene rings is 2. The summed E-state index contributed by atoms with van der Waals surface area (Å²) < 4.78 is 5.76. The smallest absolute Gasteiger partial charge is 0.223 e. The first kappa shape index (κ1) is 20.7. The number of rotatable bonds is 7. The van der Waals surface area contributed by atoms with Gasteiger partial charge in [0.05, 0.1) is 21.3 Å². The Balaban J connectivity index is 1.61. The molecule has 0 saturated carbocycles. The van der Waals surface area contributed by atoms with Gasteiger partial charge < -0.3 is 9.32 Å². The molecule has 4 nitrogen and oxygen atoms in total. The normalized spacial score (nSPS) is 10.9. The molecule has 1 aromatic heterocycles. The topological polar surface area (TPSA) is 46.3 Å². The SMILES string of the molecule is CCN(Cc1ccc(Cl)c(Cl)c1)C(=O)CCc1ncc(-c2ccccc2Cl)o1. The van der Waals surface area contributed by atoms with Gasteiger partial charge in [0.15, 0.2) is 11.7 Å². The van der Waals surface area contributed by atoms with Crippen molar-refractivity contribution in [3.8, 4) is 11.3 Å². The Hall–Kier alpha value is -2.01. The third-order valence-electron chi connectivity index (χ3n) is 4.34. The van der Waals surface area contributed by atoms with Gasteiger partial charge >= 0.3 is 0 Å². The molecule has 0 aliphatic heterocycles. The van der Waals surface area contributed by atoms with E-state index >= 15 is 0 Å². The fourth-order valence-electron chi connectivity index (χ4n) is 2.82. The van der Waals surface area contributed by atoms with Gasteiger partial charge in [0, 0.05) is 31.5 Å². The molecule has 0 bridgehead atoms. The molecule has 0 aliphatic rings. The van der Waals surface area contributed by atoms with Gasteiger partial charge in [0.1, 0.15) is 0 Å². The number of halogens is 3. The highest BCUT2D eigenvalue weighted by Gasteiger charge is 2.15. The zero-order valence-electron chi connectivity index (χ0n) is 15.3. The van der Waals surface area contributed by atoms with Crippen LogP contribution in [0, 0.1) is 0 Å². The molecule has 3 rings (SSSR count). The van der Waals surface area contributed by atoms with Crippen LogP contribution in [0.4, 0.5) is 0 Å². The molecule has 0 saturated heterocycles. The molecule has 0 aliphatic carbocycles. The van der Waals surface area contributed by atoms with Gasteiger partial charge in [0.2, 0.25) is 5.91 Å². The number of carbonyl (C=O) groups is 1. The third kappa shape index (κ3) is 5.07. The minimum Gasteiger partial charge on any atom is -0.441 e. The third-order valence-corrected chi connectivity index (χ3v) is 5.41. The van der Waals surface area contributed by atoms with E-state index in [0.29, 0.717) is 52.7 Å². The summed E-state index contributed by atoms with van der Waals surface area (Å²) in [6.07, 6.45) is 2.35. The van der Waals surface area contributed by atoms with E-state index in [2.05, 4.69) is 4.98 Å². The summed E-state index contributed by atoms with van der Waals surface area (Å²) in [4.78, 5) is 18.6. The Morgan fingerprint density at radius 2 is 1.86 bits per heavy atom. The van der Waals surface area contributed by atoms with Crippen molar-refractivity contribution in [1.82, 2.24) is 9.88 Å². The number of amides is 1. The van der Waals surface area contributed by atoms with Crippen LogP contribution in [0.15, 0.2) is 53.1 Å². The summed E-state index contributed by atoms with van der Waals surface area (Å²) in [6.45, 7) is 3.01. The summed E-state index contributed by atoms with van der Waals surface area (Å²) in [5.74, 6) is 1.12. The average Bonchev–Trinajstić information content (AvgIpc) is 3.16. The molecule has 0 unspecified atom stereocenters. The molecular formula is C21H19Cl3N2O2. The van der Waals surface area contributed by atoms with E-state index in [1.807, 2.05) is 31.2 Å². The van der Waals surface area contributed by atoms with Crippen LogP contribution in [0.2, 0.25) is 15.1 Å². The molecule has 0 N–H and O–H groups in total. The van der Waals surface area contributed by atoms with E-state index in [4.69, 9.17) is 39.2 Å². The Morgan fingerprint density at radius 1 is 1.07 bits per heavy atom. The van der Waals surface area contributed by atoms with Gasteiger partial charge in [-0.1, -0.05) is 53.0 Å². The summed E-state index contributed by atoms with van der Waals surface area (Å²) in [7, 11) is 0. The van der Waals surface area contributed by atoms with Crippen molar-refractivity contribution < 1.29 is 9.21 Å². The summed E-state index contributed by atoms with van der Waals surface area (Å²) in [5, 5.41) is 1.58. The minimum absolute atomic E-state index is 0.0195. The molecule has 7 heteroatoms. The highest BCUT2D eigenvalue weighted by Crippen LogP contribution is 2.28. The number of nitrogens with zero attached hydrogens (tertiary/aromatic N) is 2.